The summed E-state index contributed by atoms with van der Waals surface area (Å²) in [6.07, 6.45) is 0. The van der Waals surface area contributed by atoms with Crippen LogP contribution < -0.4 is 0 Å². The first-order valence-electron chi connectivity index (χ1n) is 5.30. The second kappa shape index (κ2) is 4.19. The second-order valence-electron chi connectivity index (χ2n) is 3.87. The maximum absolute atomic E-state index is 10.8. The van der Waals surface area contributed by atoms with E-state index in [2.05, 4.69) is 16.3 Å². The minimum absolute atomic E-state index is 0.0206. The standard InChI is InChI=1S/C12H6N4O2S/c13-5-7-3-11(19-6-7)12-9-4-8(16(17)18)1-2-10(9)14-15-12/h1-4,6H,(H,14,15). The number of aromatic amines is 1. The van der Waals surface area contributed by atoms with E-state index in [4.69, 9.17) is 5.26 Å². The Hall–Kier alpha value is -2.72. The van der Waals surface area contributed by atoms with Gasteiger partial charge in [-0.15, -0.1) is 11.3 Å². The van der Waals surface area contributed by atoms with Crippen molar-refractivity contribution in [3.63, 3.8) is 0 Å². The van der Waals surface area contributed by atoms with E-state index in [1.165, 1.54) is 23.5 Å². The van der Waals surface area contributed by atoms with Gasteiger partial charge in [0, 0.05) is 22.9 Å². The molecule has 2 aromatic heterocycles. The van der Waals surface area contributed by atoms with Crippen LogP contribution in [0.1, 0.15) is 5.56 Å². The van der Waals surface area contributed by atoms with E-state index in [0.29, 0.717) is 16.6 Å². The highest BCUT2D eigenvalue weighted by Gasteiger charge is 2.14. The van der Waals surface area contributed by atoms with Crippen LogP contribution in [0.25, 0.3) is 21.5 Å². The minimum Gasteiger partial charge on any atom is -0.277 e. The number of benzene rings is 1. The highest BCUT2D eigenvalue weighted by molar-refractivity contribution is 7.13. The number of H-pyrrole nitrogens is 1. The number of rotatable bonds is 2. The molecule has 7 heteroatoms. The maximum atomic E-state index is 10.8. The highest BCUT2D eigenvalue weighted by Crippen LogP contribution is 2.32. The number of hydrogen-bond donors (Lipinski definition) is 1. The molecule has 2 heterocycles. The number of nitro benzene ring substituents is 1. The lowest BCUT2D eigenvalue weighted by molar-refractivity contribution is -0.384. The summed E-state index contributed by atoms with van der Waals surface area (Å²) in [5.74, 6) is 0. The number of aromatic nitrogens is 2. The number of thiophene rings is 1. The average Bonchev–Trinajstić information content (AvgIpc) is 3.03. The van der Waals surface area contributed by atoms with Crippen molar-refractivity contribution in [1.82, 2.24) is 10.2 Å². The molecule has 0 atom stereocenters. The van der Waals surface area contributed by atoms with Crippen molar-refractivity contribution < 1.29 is 4.92 Å². The molecule has 6 nitrogen and oxygen atoms in total. The molecule has 19 heavy (non-hydrogen) atoms. The molecule has 0 amide bonds. The van der Waals surface area contributed by atoms with Gasteiger partial charge in [-0.25, -0.2) is 0 Å². The molecule has 0 saturated carbocycles. The molecule has 0 fully saturated rings. The fourth-order valence-corrected chi connectivity index (χ4v) is 2.66. The van der Waals surface area contributed by atoms with Gasteiger partial charge in [0.15, 0.2) is 0 Å². The summed E-state index contributed by atoms with van der Waals surface area (Å²) < 4.78 is 0. The molecule has 0 aliphatic heterocycles. The molecular weight excluding hydrogens is 264 g/mol. The molecule has 1 N–H and O–H groups in total. The van der Waals surface area contributed by atoms with Crippen molar-refractivity contribution in [2.24, 2.45) is 0 Å². The molecule has 0 radical (unpaired) electrons. The van der Waals surface area contributed by atoms with E-state index in [1.54, 1.807) is 17.5 Å². The van der Waals surface area contributed by atoms with Gasteiger partial charge >= 0.3 is 0 Å². The van der Waals surface area contributed by atoms with Crippen LogP contribution >= 0.6 is 11.3 Å². The number of nitriles is 1. The summed E-state index contributed by atoms with van der Waals surface area (Å²) in [6.45, 7) is 0. The van der Waals surface area contributed by atoms with Crippen molar-refractivity contribution in [3.8, 4) is 16.6 Å². The van der Waals surface area contributed by atoms with Crippen LogP contribution in [0.4, 0.5) is 5.69 Å². The SMILES string of the molecule is N#Cc1csc(-c2n[nH]c3ccc([N+](=O)[O-])cc23)c1. The molecule has 0 spiro atoms. The summed E-state index contributed by atoms with van der Waals surface area (Å²) >= 11 is 1.39. The normalized spacial score (nSPS) is 10.5. The predicted octanol–water partition coefficient (Wildman–Crippen LogP) is 3.07. The van der Waals surface area contributed by atoms with E-state index in [0.717, 1.165) is 10.4 Å². The number of fused-ring (bicyclic) bond motifs is 1. The molecule has 0 aliphatic rings. The Balaban J connectivity index is 2.21. The summed E-state index contributed by atoms with van der Waals surface area (Å²) in [5.41, 5.74) is 1.94. The molecule has 0 bridgehead atoms. The number of nitrogens with one attached hydrogen (secondary N) is 1. The first-order valence-corrected chi connectivity index (χ1v) is 6.18. The van der Waals surface area contributed by atoms with Crippen LogP contribution in [0.3, 0.4) is 0 Å². The second-order valence-corrected chi connectivity index (χ2v) is 4.78. The topological polar surface area (TPSA) is 95.6 Å². The zero-order valence-electron chi connectivity index (χ0n) is 9.45. The van der Waals surface area contributed by atoms with E-state index in [1.807, 2.05) is 0 Å². The lowest BCUT2D eigenvalue weighted by Crippen LogP contribution is -1.86. The largest absolute Gasteiger partial charge is 0.277 e. The van der Waals surface area contributed by atoms with Gasteiger partial charge in [-0.2, -0.15) is 10.4 Å². The summed E-state index contributed by atoms with van der Waals surface area (Å²) in [6, 6.07) is 8.32. The Morgan fingerprint density at radius 2 is 2.26 bits per heavy atom. The number of non-ortho nitro benzene ring substituents is 1. The Morgan fingerprint density at radius 1 is 1.42 bits per heavy atom. The van der Waals surface area contributed by atoms with Crippen molar-refractivity contribution in [2.75, 3.05) is 0 Å². The van der Waals surface area contributed by atoms with Gasteiger partial charge in [-0.05, 0) is 12.1 Å². The lowest BCUT2D eigenvalue weighted by Gasteiger charge is -1.93. The van der Waals surface area contributed by atoms with E-state index < -0.39 is 4.92 Å². The van der Waals surface area contributed by atoms with E-state index in [9.17, 15) is 10.1 Å². The Morgan fingerprint density at radius 3 is 2.95 bits per heavy atom. The van der Waals surface area contributed by atoms with E-state index in [-0.39, 0.29) is 5.69 Å². The summed E-state index contributed by atoms with van der Waals surface area (Å²) in [4.78, 5) is 11.2. The lowest BCUT2D eigenvalue weighted by atomic mass is 10.1. The Labute approximate surface area is 111 Å². The van der Waals surface area contributed by atoms with Crippen LogP contribution in [0.2, 0.25) is 0 Å². The van der Waals surface area contributed by atoms with Gasteiger partial charge in [0.05, 0.1) is 20.9 Å². The number of hydrogen-bond acceptors (Lipinski definition) is 5. The zero-order chi connectivity index (χ0) is 13.4. The number of nitrogens with zero attached hydrogens (tertiary/aromatic N) is 3. The van der Waals surface area contributed by atoms with Gasteiger partial charge in [0.2, 0.25) is 0 Å². The smallest absolute Gasteiger partial charge is 0.270 e. The zero-order valence-corrected chi connectivity index (χ0v) is 10.3. The number of nitro groups is 1. The van der Waals surface area contributed by atoms with Crippen LogP contribution in [-0.2, 0) is 0 Å². The van der Waals surface area contributed by atoms with Crippen molar-refractivity contribution in [3.05, 3.63) is 45.3 Å². The summed E-state index contributed by atoms with van der Waals surface area (Å²) in [5, 5.41) is 29.0. The van der Waals surface area contributed by atoms with Gasteiger partial charge in [0.25, 0.3) is 5.69 Å². The third-order valence-corrected chi connectivity index (χ3v) is 3.66. The average molecular weight is 270 g/mol. The van der Waals surface area contributed by atoms with Crippen LogP contribution in [0.15, 0.2) is 29.6 Å². The fraction of sp³-hybridized carbons (Fsp3) is 0. The third kappa shape index (κ3) is 1.84. The Bertz CT molecular complexity index is 828. The van der Waals surface area contributed by atoms with Crippen LogP contribution in [-0.4, -0.2) is 15.1 Å². The van der Waals surface area contributed by atoms with Gasteiger partial charge in [-0.1, -0.05) is 0 Å². The molecule has 1 aromatic carbocycles. The van der Waals surface area contributed by atoms with Crippen molar-refractivity contribution >= 4 is 27.9 Å². The summed E-state index contributed by atoms with van der Waals surface area (Å²) in [7, 11) is 0. The highest BCUT2D eigenvalue weighted by atomic mass is 32.1. The Kier molecular flexibility index (Phi) is 2.51. The first-order chi connectivity index (χ1) is 9.19. The minimum atomic E-state index is -0.439. The quantitative estimate of drug-likeness (QED) is 0.571. The molecule has 3 aromatic rings. The maximum Gasteiger partial charge on any atom is 0.270 e. The van der Waals surface area contributed by atoms with Crippen molar-refractivity contribution in [1.29, 1.82) is 5.26 Å². The first kappa shape index (κ1) is 11.4. The van der Waals surface area contributed by atoms with E-state index >= 15 is 0 Å². The van der Waals surface area contributed by atoms with Crippen molar-refractivity contribution in [2.45, 2.75) is 0 Å². The monoisotopic (exact) mass is 270 g/mol. The predicted molar refractivity (Wildman–Crippen MR) is 70.8 cm³/mol. The third-order valence-electron chi connectivity index (χ3n) is 2.72. The fourth-order valence-electron chi connectivity index (χ4n) is 1.82. The van der Waals surface area contributed by atoms with Crippen LogP contribution in [0.5, 0.6) is 0 Å². The molecule has 92 valence electrons. The van der Waals surface area contributed by atoms with Crippen LogP contribution in [0, 0.1) is 21.4 Å². The molecule has 0 unspecified atom stereocenters. The molecule has 0 aliphatic carbocycles. The van der Waals surface area contributed by atoms with Gasteiger partial charge < -0.3 is 0 Å². The molecule has 0 saturated heterocycles. The molecular formula is C12H6N4O2S. The van der Waals surface area contributed by atoms with Gasteiger partial charge in [0.1, 0.15) is 11.8 Å². The van der Waals surface area contributed by atoms with Gasteiger partial charge in [-0.3, -0.25) is 15.2 Å². The molecule has 3 rings (SSSR count).